The standard InChI is InChI=1S/C32H33ClN4O4S/c1-40-24-15-11-20(12-16-24)28-27(34)30(42-36-28)32(39)37(19-22-7-3-6-10-26(22)33)29(21-13-17-25(41-2)18-14-21)31(38)35-23-8-4-5-9-23/h3,6-7,10-18,23,29H,4-5,8-9,19,34H2,1-2H3,(H,35,38)/t29-/m0/s1. The molecule has 1 heterocycles. The Kier molecular flexibility index (Phi) is 9.29. The summed E-state index contributed by atoms with van der Waals surface area (Å²) in [7, 11) is 3.18. The van der Waals surface area contributed by atoms with E-state index in [9.17, 15) is 9.59 Å². The van der Waals surface area contributed by atoms with Gasteiger partial charge in [0.15, 0.2) is 0 Å². The number of carbonyl (C=O) groups is 2. The van der Waals surface area contributed by atoms with Crippen LogP contribution in [0.1, 0.15) is 52.5 Å². The number of nitrogens with zero attached hydrogens (tertiary/aromatic N) is 2. The van der Waals surface area contributed by atoms with Crippen molar-refractivity contribution in [2.75, 3.05) is 20.0 Å². The maximum Gasteiger partial charge on any atom is 0.268 e. The van der Waals surface area contributed by atoms with Crippen LogP contribution in [0.2, 0.25) is 5.02 Å². The fourth-order valence-corrected chi connectivity index (χ4v) is 6.21. The topological polar surface area (TPSA) is 107 Å². The Balaban J connectivity index is 1.57. The Hall–Kier alpha value is -4.08. The van der Waals surface area contributed by atoms with Crippen LogP contribution in [0, 0.1) is 0 Å². The van der Waals surface area contributed by atoms with E-state index in [2.05, 4.69) is 9.69 Å². The maximum absolute atomic E-state index is 14.5. The predicted octanol–water partition coefficient (Wildman–Crippen LogP) is 6.51. The average Bonchev–Trinajstić information content (AvgIpc) is 3.67. The highest BCUT2D eigenvalue weighted by atomic mass is 35.5. The van der Waals surface area contributed by atoms with Crippen molar-refractivity contribution < 1.29 is 19.1 Å². The molecule has 1 fully saturated rings. The highest BCUT2D eigenvalue weighted by molar-refractivity contribution is 7.09. The summed E-state index contributed by atoms with van der Waals surface area (Å²) in [4.78, 5) is 30.3. The number of anilines is 1. The van der Waals surface area contributed by atoms with Gasteiger partial charge in [-0.3, -0.25) is 9.59 Å². The van der Waals surface area contributed by atoms with Gasteiger partial charge < -0.3 is 25.4 Å². The SMILES string of the molecule is COc1ccc(-c2nsc(C(=O)N(Cc3ccccc3Cl)[C@H](C(=O)NC3CCCC3)c3ccc(OC)cc3)c2N)cc1. The van der Waals surface area contributed by atoms with Crippen molar-refractivity contribution >= 4 is 40.6 Å². The Morgan fingerprint density at radius 3 is 2.24 bits per heavy atom. The van der Waals surface area contributed by atoms with E-state index in [4.69, 9.17) is 26.8 Å². The number of nitrogens with two attached hydrogens (primary N) is 1. The van der Waals surface area contributed by atoms with Gasteiger partial charge in [0.25, 0.3) is 5.91 Å². The van der Waals surface area contributed by atoms with E-state index >= 15 is 0 Å². The van der Waals surface area contributed by atoms with Crippen LogP contribution in [0.15, 0.2) is 72.8 Å². The van der Waals surface area contributed by atoms with Crippen molar-refractivity contribution in [3.8, 4) is 22.8 Å². The Labute approximate surface area is 254 Å². The molecule has 1 saturated carbocycles. The number of ether oxygens (including phenoxy) is 2. The van der Waals surface area contributed by atoms with Gasteiger partial charge in [-0.15, -0.1) is 0 Å². The zero-order valence-corrected chi connectivity index (χ0v) is 25.1. The molecule has 1 atom stereocenters. The number of methoxy groups -OCH3 is 2. The van der Waals surface area contributed by atoms with Crippen molar-refractivity contribution in [3.63, 3.8) is 0 Å². The van der Waals surface area contributed by atoms with Crippen LogP contribution in [0.5, 0.6) is 11.5 Å². The first kappa shape index (κ1) is 29.4. The highest BCUT2D eigenvalue weighted by Gasteiger charge is 2.36. The van der Waals surface area contributed by atoms with Crippen LogP contribution in [0.25, 0.3) is 11.3 Å². The van der Waals surface area contributed by atoms with Gasteiger partial charge >= 0.3 is 0 Å². The molecule has 0 aliphatic heterocycles. The van der Waals surface area contributed by atoms with Crippen molar-refractivity contribution in [1.82, 2.24) is 14.6 Å². The van der Waals surface area contributed by atoms with Crippen LogP contribution in [-0.4, -0.2) is 41.3 Å². The monoisotopic (exact) mass is 604 g/mol. The van der Waals surface area contributed by atoms with E-state index in [1.54, 1.807) is 32.4 Å². The molecule has 0 saturated heterocycles. The van der Waals surface area contributed by atoms with Gasteiger partial charge in [0.1, 0.15) is 28.1 Å². The minimum Gasteiger partial charge on any atom is -0.497 e. The summed E-state index contributed by atoms with van der Waals surface area (Å²) in [6, 6.07) is 20.9. The predicted molar refractivity (Wildman–Crippen MR) is 166 cm³/mol. The van der Waals surface area contributed by atoms with Crippen LogP contribution < -0.4 is 20.5 Å². The second kappa shape index (κ2) is 13.3. The number of aromatic nitrogens is 1. The summed E-state index contributed by atoms with van der Waals surface area (Å²) in [6.07, 6.45) is 3.94. The second-order valence-corrected chi connectivity index (χ2v) is 11.4. The quantitative estimate of drug-likeness (QED) is 0.214. The van der Waals surface area contributed by atoms with Gasteiger partial charge in [-0.2, -0.15) is 4.37 Å². The molecule has 1 aliphatic rings. The molecule has 0 unspecified atom stereocenters. The number of hydrogen-bond donors (Lipinski definition) is 2. The van der Waals surface area contributed by atoms with E-state index in [0.717, 1.165) is 42.8 Å². The normalized spacial score (nSPS) is 13.9. The molecule has 8 nitrogen and oxygen atoms in total. The minimum atomic E-state index is -0.953. The van der Waals surface area contributed by atoms with E-state index in [-0.39, 0.29) is 29.1 Å². The minimum absolute atomic E-state index is 0.0608. The molecule has 3 aromatic carbocycles. The van der Waals surface area contributed by atoms with Crippen LogP contribution in [0.3, 0.4) is 0 Å². The number of hydrogen-bond acceptors (Lipinski definition) is 7. The Morgan fingerprint density at radius 1 is 1.00 bits per heavy atom. The number of nitrogen functional groups attached to an aromatic ring is 1. The number of carbonyl (C=O) groups excluding carboxylic acids is 2. The molecular formula is C32H33ClN4O4S. The third-order valence-corrected chi connectivity index (χ3v) is 8.76. The van der Waals surface area contributed by atoms with Crippen LogP contribution in [-0.2, 0) is 11.3 Å². The summed E-state index contributed by atoms with van der Waals surface area (Å²) in [6.45, 7) is 0.0858. The third-order valence-electron chi connectivity index (χ3n) is 7.54. The van der Waals surface area contributed by atoms with Gasteiger partial charge in [0.05, 0.1) is 19.9 Å². The lowest BCUT2D eigenvalue weighted by Crippen LogP contribution is -2.45. The molecule has 5 rings (SSSR count). The van der Waals surface area contributed by atoms with Gasteiger partial charge in [-0.25, -0.2) is 0 Å². The Morgan fingerprint density at radius 2 is 1.62 bits per heavy atom. The number of benzene rings is 3. The lowest BCUT2D eigenvalue weighted by molar-refractivity contribution is -0.126. The molecule has 10 heteroatoms. The van der Waals surface area contributed by atoms with E-state index in [1.807, 2.05) is 54.6 Å². The molecule has 0 radical (unpaired) electrons. The number of rotatable bonds is 10. The summed E-state index contributed by atoms with van der Waals surface area (Å²) < 4.78 is 15.2. The fourth-order valence-electron chi connectivity index (χ4n) is 5.24. The van der Waals surface area contributed by atoms with Crippen LogP contribution >= 0.6 is 23.1 Å². The molecule has 1 aromatic heterocycles. The molecule has 0 spiro atoms. The molecule has 4 aromatic rings. The molecule has 3 N–H and O–H groups in total. The van der Waals surface area contributed by atoms with Crippen LogP contribution in [0.4, 0.5) is 5.69 Å². The molecule has 0 bridgehead atoms. The zero-order valence-electron chi connectivity index (χ0n) is 23.5. The lowest BCUT2D eigenvalue weighted by Gasteiger charge is -2.32. The van der Waals surface area contributed by atoms with Gasteiger partial charge in [0, 0.05) is 23.2 Å². The lowest BCUT2D eigenvalue weighted by atomic mass is 10.0. The summed E-state index contributed by atoms with van der Waals surface area (Å²) >= 11 is 7.58. The van der Waals surface area contributed by atoms with Gasteiger partial charge in [-0.1, -0.05) is 54.8 Å². The van der Waals surface area contributed by atoms with Gasteiger partial charge in [0.2, 0.25) is 5.91 Å². The first-order chi connectivity index (χ1) is 20.4. The largest absolute Gasteiger partial charge is 0.497 e. The third kappa shape index (κ3) is 6.37. The van der Waals surface area contributed by atoms with E-state index < -0.39 is 11.9 Å². The highest BCUT2D eigenvalue weighted by Crippen LogP contribution is 2.36. The second-order valence-electron chi connectivity index (χ2n) is 10.2. The summed E-state index contributed by atoms with van der Waals surface area (Å²) in [5.41, 5.74) is 9.44. The molecular weight excluding hydrogens is 572 g/mol. The summed E-state index contributed by atoms with van der Waals surface area (Å²) in [5, 5.41) is 3.69. The van der Waals surface area contributed by atoms with E-state index in [1.165, 1.54) is 4.90 Å². The molecule has 218 valence electrons. The Bertz CT molecular complexity index is 1540. The number of halogens is 1. The maximum atomic E-state index is 14.5. The molecule has 2 amide bonds. The van der Waals surface area contributed by atoms with Crippen molar-refractivity contribution in [2.24, 2.45) is 0 Å². The van der Waals surface area contributed by atoms with Crippen molar-refractivity contribution in [3.05, 3.63) is 93.8 Å². The first-order valence-electron chi connectivity index (χ1n) is 13.8. The number of amides is 2. The van der Waals surface area contributed by atoms with E-state index in [0.29, 0.717) is 33.3 Å². The zero-order chi connectivity index (χ0) is 29.6. The van der Waals surface area contributed by atoms with Crippen molar-refractivity contribution in [2.45, 2.75) is 44.3 Å². The number of nitrogens with one attached hydrogen (secondary N) is 1. The smallest absolute Gasteiger partial charge is 0.268 e. The van der Waals surface area contributed by atoms with Crippen molar-refractivity contribution in [1.29, 1.82) is 0 Å². The molecule has 42 heavy (non-hydrogen) atoms. The first-order valence-corrected chi connectivity index (χ1v) is 14.9. The fraction of sp³-hybridized carbons (Fsp3) is 0.281. The van der Waals surface area contributed by atoms with Gasteiger partial charge in [-0.05, 0) is 78.0 Å². The average molecular weight is 605 g/mol. The summed E-state index contributed by atoms with van der Waals surface area (Å²) in [5.74, 6) is 0.678. The molecule has 1 aliphatic carbocycles.